The summed E-state index contributed by atoms with van der Waals surface area (Å²) >= 11 is 0. The molecule has 3 rings (SSSR count). The van der Waals surface area contributed by atoms with Gasteiger partial charge in [-0.15, -0.1) is 0 Å². The first-order chi connectivity index (χ1) is 9.25. The Bertz CT molecular complexity index is 679. The minimum Gasteiger partial charge on any atom is -0.299 e. The van der Waals surface area contributed by atoms with E-state index < -0.39 is 0 Å². The Kier molecular flexibility index (Phi) is 2.92. The second kappa shape index (κ2) is 4.73. The highest BCUT2D eigenvalue weighted by Crippen LogP contribution is 2.25. The molecule has 0 spiro atoms. The standard InChI is InChI=1S/C17H16N2/c1-13-8-10-16(11-9-13)19-12-18-14(2)17(19)15-6-4-3-5-7-15/h3-12H,1-2H3. The monoisotopic (exact) mass is 248 g/mol. The van der Waals surface area contributed by atoms with Crippen molar-refractivity contribution in [2.45, 2.75) is 13.8 Å². The van der Waals surface area contributed by atoms with E-state index in [9.17, 15) is 0 Å². The molecule has 2 nitrogen and oxygen atoms in total. The summed E-state index contributed by atoms with van der Waals surface area (Å²) in [6, 6.07) is 18.9. The van der Waals surface area contributed by atoms with Gasteiger partial charge in [0.15, 0.2) is 0 Å². The Hall–Kier alpha value is -2.35. The van der Waals surface area contributed by atoms with Gasteiger partial charge in [-0.05, 0) is 26.0 Å². The number of hydrogen-bond acceptors (Lipinski definition) is 1. The zero-order chi connectivity index (χ0) is 13.2. The molecule has 0 aliphatic heterocycles. The van der Waals surface area contributed by atoms with Gasteiger partial charge in [0.2, 0.25) is 0 Å². The van der Waals surface area contributed by atoms with Gasteiger partial charge in [-0.3, -0.25) is 4.57 Å². The number of imidazole rings is 1. The van der Waals surface area contributed by atoms with Gasteiger partial charge in [0.1, 0.15) is 0 Å². The van der Waals surface area contributed by atoms with E-state index in [1.54, 1.807) is 0 Å². The molecule has 0 atom stereocenters. The molecule has 0 radical (unpaired) electrons. The van der Waals surface area contributed by atoms with Gasteiger partial charge >= 0.3 is 0 Å². The van der Waals surface area contributed by atoms with Crippen LogP contribution >= 0.6 is 0 Å². The summed E-state index contributed by atoms with van der Waals surface area (Å²) in [4.78, 5) is 4.45. The molecule has 0 fully saturated rings. The lowest BCUT2D eigenvalue weighted by molar-refractivity contribution is 1.06. The maximum Gasteiger partial charge on any atom is 0.1000 e. The molecule has 19 heavy (non-hydrogen) atoms. The zero-order valence-electron chi connectivity index (χ0n) is 11.2. The second-order valence-corrected chi connectivity index (χ2v) is 4.75. The molecule has 0 N–H and O–H groups in total. The second-order valence-electron chi connectivity index (χ2n) is 4.75. The van der Waals surface area contributed by atoms with Crippen LogP contribution in [0.2, 0.25) is 0 Å². The molecule has 0 aliphatic rings. The Morgan fingerprint density at radius 3 is 2.21 bits per heavy atom. The van der Waals surface area contributed by atoms with Crippen molar-refractivity contribution in [1.29, 1.82) is 0 Å². The molecule has 0 saturated heterocycles. The Morgan fingerprint density at radius 2 is 1.53 bits per heavy atom. The summed E-state index contributed by atoms with van der Waals surface area (Å²) in [5, 5.41) is 0. The molecular formula is C17H16N2. The van der Waals surface area contributed by atoms with E-state index in [4.69, 9.17) is 0 Å². The quantitative estimate of drug-likeness (QED) is 0.666. The number of benzene rings is 2. The highest BCUT2D eigenvalue weighted by atomic mass is 15.1. The Morgan fingerprint density at radius 1 is 0.842 bits per heavy atom. The van der Waals surface area contributed by atoms with Crippen molar-refractivity contribution in [3.05, 3.63) is 72.2 Å². The summed E-state index contributed by atoms with van der Waals surface area (Å²) in [6.07, 6.45) is 1.89. The van der Waals surface area contributed by atoms with Crippen LogP contribution in [0.25, 0.3) is 16.9 Å². The van der Waals surface area contributed by atoms with E-state index in [0.29, 0.717) is 0 Å². The maximum absolute atomic E-state index is 4.45. The average molecular weight is 248 g/mol. The fourth-order valence-electron chi connectivity index (χ4n) is 2.28. The van der Waals surface area contributed by atoms with Crippen molar-refractivity contribution < 1.29 is 0 Å². The summed E-state index contributed by atoms with van der Waals surface area (Å²) in [6.45, 7) is 4.15. The van der Waals surface area contributed by atoms with Crippen LogP contribution in [-0.4, -0.2) is 9.55 Å². The van der Waals surface area contributed by atoms with Crippen molar-refractivity contribution in [1.82, 2.24) is 9.55 Å². The van der Waals surface area contributed by atoms with Gasteiger partial charge in [0, 0.05) is 11.3 Å². The van der Waals surface area contributed by atoms with Crippen molar-refractivity contribution in [2.24, 2.45) is 0 Å². The smallest absolute Gasteiger partial charge is 0.1000 e. The molecule has 94 valence electrons. The molecule has 0 aliphatic carbocycles. The van der Waals surface area contributed by atoms with E-state index in [1.165, 1.54) is 11.1 Å². The molecule has 1 heterocycles. The van der Waals surface area contributed by atoms with E-state index in [1.807, 2.05) is 19.3 Å². The van der Waals surface area contributed by atoms with Crippen LogP contribution < -0.4 is 0 Å². The molecule has 2 aromatic carbocycles. The summed E-state index contributed by atoms with van der Waals surface area (Å²) in [5.41, 5.74) is 5.81. The minimum atomic E-state index is 1.05. The normalized spacial score (nSPS) is 10.6. The number of hydrogen-bond donors (Lipinski definition) is 0. The van der Waals surface area contributed by atoms with Gasteiger partial charge in [0.05, 0.1) is 17.7 Å². The van der Waals surface area contributed by atoms with Crippen LogP contribution in [0.4, 0.5) is 0 Å². The van der Waals surface area contributed by atoms with Crippen LogP contribution in [0, 0.1) is 13.8 Å². The predicted octanol–water partition coefficient (Wildman–Crippen LogP) is 4.16. The van der Waals surface area contributed by atoms with Crippen LogP contribution in [0.1, 0.15) is 11.3 Å². The number of nitrogens with zero attached hydrogens (tertiary/aromatic N) is 2. The van der Waals surface area contributed by atoms with Crippen LogP contribution in [-0.2, 0) is 0 Å². The van der Waals surface area contributed by atoms with E-state index >= 15 is 0 Å². The first-order valence-electron chi connectivity index (χ1n) is 6.42. The lowest BCUT2D eigenvalue weighted by Crippen LogP contribution is -1.96. The molecule has 0 saturated carbocycles. The summed E-state index contributed by atoms with van der Waals surface area (Å²) < 4.78 is 2.14. The third kappa shape index (κ3) is 2.17. The van der Waals surface area contributed by atoms with Gasteiger partial charge in [-0.25, -0.2) is 4.98 Å². The van der Waals surface area contributed by atoms with Crippen molar-refractivity contribution in [3.63, 3.8) is 0 Å². The van der Waals surface area contributed by atoms with E-state index in [2.05, 4.69) is 65.0 Å². The molecule has 0 bridgehead atoms. The molecule has 3 aromatic rings. The largest absolute Gasteiger partial charge is 0.299 e. The first kappa shape index (κ1) is 11.7. The van der Waals surface area contributed by atoms with Crippen molar-refractivity contribution >= 4 is 0 Å². The highest BCUT2D eigenvalue weighted by molar-refractivity contribution is 5.64. The number of rotatable bonds is 2. The lowest BCUT2D eigenvalue weighted by Gasteiger charge is -2.09. The average Bonchev–Trinajstić information content (AvgIpc) is 2.82. The fraction of sp³-hybridized carbons (Fsp3) is 0.118. The molecule has 0 amide bonds. The third-order valence-corrected chi connectivity index (χ3v) is 3.31. The Labute approximate surface area is 113 Å². The zero-order valence-corrected chi connectivity index (χ0v) is 11.2. The molecule has 2 heteroatoms. The maximum atomic E-state index is 4.45. The number of aryl methyl sites for hydroxylation is 2. The topological polar surface area (TPSA) is 17.8 Å². The summed E-state index contributed by atoms with van der Waals surface area (Å²) in [7, 11) is 0. The lowest BCUT2D eigenvalue weighted by atomic mass is 10.1. The van der Waals surface area contributed by atoms with Crippen LogP contribution in [0.3, 0.4) is 0 Å². The van der Waals surface area contributed by atoms with Gasteiger partial charge in [-0.2, -0.15) is 0 Å². The van der Waals surface area contributed by atoms with Crippen LogP contribution in [0.15, 0.2) is 60.9 Å². The highest BCUT2D eigenvalue weighted by Gasteiger charge is 2.10. The fourth-order valence-corrected chi connectivity index (χ4v) is 2.28. The van der Waals surface area contributed by atoms with Crippen molar-refractivity contribution in [2.75, 3.05) is 0 Å². The van der Waals surface area contributed by atoms with E-state index in [0.717, 1.165) is 17.1 Å². The van der Waals surface area contributed by atoms with E-state index in [-0.39, 0.29) is 0 Å². The van der Waals surface area contributed by atoms with Gasteiger partial charge in [-0.1, -0.05) is 48.0 Å². The summed E-state index contributed by atoms with van der Waals surface area (Å²) in [5.74, 6) is 0. The predicted molar refractivity (Wildman–Crippen MR) is 78.5 cm³/mol. The SMILES string of the molecule is Cc1ccc(-n2cnc(C)c2-c2ccccc2)cc1. The Balaban J connectivity index is 2.16. The molecule has 0 unspecified atom stereocenters. The van der Waals surface area contributed by atoms with Gasteiger partial charge in [0.25, 0.3) is 0 Å². The molecular weight excluding hydrogens is 232 g/mol. The molecule has 1 aromatic heterocycles. The minimum absolute atomic E-state index is 1.05. The first-order valence-corrected chi connectivity index (χ1v) is 6.42. The van der Waals surface area contributed by atoms with Crippen LogP contribution in [0.5, 0.6) is 0 Å². The van der Waals surface area contributed by atoms with Gasteiger partial charge < -0.3 is 0 Å². The third-order valence-electron chi connectivity index (χ3n) is 3.31. The van der Waals surface area contributed by atoms with Crippen molar-refractivity contribution in [3.8, 4) is 16.9 Å². The number of aromatic nitrogens is 2.